The molecule has 0 amide bonds. The summed E-state index contributed by atoms with van der Waals surface area (Å²) >= 11 is 5.89. The zero-order valence-corrected chi connectivity index (χ0v) is 10.5. The summed E-state index contributed by atoms with van der Waals surface area (Å²) in [6, 6.07) is 8.05. The van der Waals surface area contributed by atoms with Crippen LogP contribution < -0.4 is 0 Å². The minimum absolute atomic E-state index is 0.793. The number of imidazole rings is 1. The molecular formula is C14H15ClN2. The monoisotopic (exact) mass is 246 g/mol. The maximum Gasteiger partial charge on any atom is 0.0954 e. The SMILES string of the molecule is Clc1ccc(Cn2cnc3c2CCCC3)cc1. The second-order valence-corrected chi connectivity index (χ2v) is 5.04. The predicted molar refractivity (Wildman–Crippen MR) is 69.4 cm³/mol. The first-order chi connectivity index (χ1) is 8.33. The minimum Gasteiger partial charge on any atom is -0.330 e. The third-order valence-corrected chi connectivity index (χ3v) is 3.63. The largest absolute Gasteiger partial charge is 0.330 e. The summed E-state index contributed by atoms with van der Waals surface area (Å²) in [5.74, 6) is 0. The molecule has 17 heavy (non-hydrogen) atoms. The van der Waals surface area contributed by atoms with Crippen molar-refractivity contribution in [3.05, 3.63) is 52.6 Å². The van der Waals surface area contributed by atoms with E-state index in [4.69, 9.17) is 11.6 Å². The summed E-state index contributed by atoms with van der Waals surface area (Å²) < 4.78 is 2.28. The average molecular weight is 247 g/mol. The van der Waals surface area contributed by atoms with Crippen LogP contribution in [-0.2, 0) is 19.4 Å². The van der Waals surface area contributed by atoms with Gasteiger partial charge in [-0.25, -0.2) is 4.98 Å². The van der Waals surface area contributed by atoms with E-state index in [0.717, 1.165) is 18.0 Å². The highest BCUT2D eigenvalue weighted by Crippen LogP contribution is 2.21. The quantitative estimate of drug-likeness (QED) is 0.794. The van der Waals surface area contributed by atoms with E-state index in [1.54, 1.807) is 0 Å². The van der Waals surface area contributed by atoms with Crippen molar-refractivity contribution in [1.82, 2.24) is 9.55 Å². The molecule has 0 fully saturated rings. The minimum atomic E-state index is 0.793. The molecule has 0 atom stereocenters. The molecule has 0 N–H and O–H groups in total. The maximum absolute atomic E-state index is 5.89. The molecule has 3 rings (SSSR count). The van der Waals surface area contributed by atoms with Crippen molar-refractivity contribution in [2.24, 2.45) is 0 Å². The Hall–Kier alpha value is -1.28. The number of aryl methyl sites for hydroxylation is 1. The molecule has 2 aromatic rings. The van der Waals surface area contributed by atoms with Gasteiger partial charge in [0.1, 0.15) is 0 Å². The lowest BCUT2D eigenvalue weighted by atomic mass is 10.0. The highest BCUT2D eigenvalue weighted by atomic mass is 35.5. The number of halogens is 1. The number of hydrogen-bond donors (Lipinski definition) is 0. The molecule has 1 aromatic carbocycles. The van der Waals surface area contributed by atoms with Gasteiger partial charge in [0, 0.05) is 17.3 Å². The fourth-order valence-electron chi connectivity index (χ4n) is 2.45. The van der Waals surface area contributed by atoms with E-state index in [1.807, 2.05) is 18.5 Å². The maximum atomic E-state index is 5.89. The molecule has 0 saturated heterocycles. The Morgan fingerprint density at radius 1 is 1.12 bits per heavy atom. The van der Waals surface area contributed by atoms with Crippen LogP contribution in [0, 0.1) is 0 Å². The third-order valence-electron chi connectivity index (χ3n) is 3.38. The van der Waals surface area contributed by atoms with Crippen molar-refractivity contribution in [3.8, 4) is 0 Å². The van der Waals surface area contributed by atoms with Gasteiger partial charge in [0.05, 0.1) is 12.0 Å². The third kappa shape index (κ3) is 2.22. The van der Waals surface area contributed by atoms with E-state index in [1.165, 1.54) is 36.2 Å². The van der Waals surface area contributed by atoms with Gasteiger partial charge >= 0.3 is 0 Å². The fourth-order valence-corrected chi connectivity index (χ4v) is 2.58. The number of rotatable bonds is 2. The summed E-state index contributed by atoms with van der Waals surface area (Å²) in [4.78, 5) is 4.51. The lowest BCUT2D eigenvalue weighted by Gasteiger charge is -2.14. The van der Waals surface area contributed by atoms with E-state index in [0.29, 0.717) is 0 Å². The Kier molecular flexibility index (Phi) is 2.89. The average Bonchev–Trinajstić information content (AvgIpc) is 2.76. The van der Waals surface area contributed by atoms with E-state index < -0.39 is 0 Å². The van der Waals surface area contributed by atoms with Crippen LogP contribution in [0.1, 0.15) is 29.8 Å². The summed E-state index contributed by atoms with van der Waals surface area (Å²) in [7, 11) is 0. The molecule has 3 heteroatoms. The smallest absolute Gasteiger partial charge is 0.0954 e. The Morgan fingerprint density at radius 2 is 1.88 bits per heavy atom. The van der Waals surface area contributed by atoms with Gasteiger partial charge in [-0.15, -0.1) is 0 Å². The molecule has 1 heterocycles. The number of fused-ring (bicyclic) bond motifs is 1. The highest BCUT2D eigenvalue weighted by molar-refractivity contribution is 6.30. The molecule has 0 bridgehead atoms. The molecule has 1 aliphatic rings. The standard InChI is InChI=1S/C14H15ClN2/c15-12-7-5-11(6-8-12)9-17-10-16-13-3-1-2-4-14(13)17/h5-8,10H,1-4,9H2. The van der Waals surface area contributed by atoms with Crippen LogP contribution in [0.2, 0.25) is 5.02 Å². The number of aromatic nitrogens is 2. The van der Waals surface area contributed by atoms with Crippen molar-refractivity contribution in [3.63, 3.8) is 0 Å². The first-order valence-corrected chi connectivity index (χ1v) is 6.48. The van der Waals surface area contributed by atoms with Crippen molar-refractivity contribution >= 4 is 11.6 Å². The molecule has 88 valence electrons. The van der Waals surface area contributed by atoms with Crippen molar-refractivity contribution < 1.29 is 0 Å². The van der Waals surface area contributed by atoms with Gasteiger partial charge in [-0.3, -0.25) is 0 Å². The molecule has 1 aromatic heterocycles. The van der Waals surface area contributed by atoms with E-state index in [9.17, 15) is 0 Å². The van der Waals surface area contributed by atoms with Gasteiger partial charge in [0.2, 0.25) is 0 Å². The molecule has 0 spiro atoms. The van der Waals surface area contributed by atoms with Gasteiger partial charge in [0.15, 0.2) is 0 Å². The second kappa shape index (κ2) is 4.53. The Bertz CT molecular complexity index is 514. The van der Waals surface area contributed by atoms with Gasteiger partial charge in [-0.1, -0.05) is 23.7 Å². The van der Waals surface area contributed by atoms with Gasteiger partial charge in [0.25, 0.3) is 0 Å². The Morgan fingerprint density at radius 3 is 2.71 bits per heavy atom. The van der Waals surface area contributed by atoms with Crippen molar-refractivity contribution in [2.75, 3.05) is 0 Å². The van der Waals surface area contributed by atoms with E-state index in [2.05, 4.69) is 21.7 Å². The van der Waals surface area contributed by atoms with Crippen molar-refractivity contribution in [1.29, 1.82) is 0 Å². The summed E-state index contributed by atoms with van der Waals surface area (Å²) in [6.07, 6.45) is 6.86. The molecule has 0 aliphatic heterocycles. The van der Waals surface area contributed by atoms with Crippen LogP contribution in [0.3, 0.4) is 0 Å². The van der Waals surface area contributed by atoms with Gasteiger partial charge < -0.3 is 4.57 Å². The second-order valence-electron chi connectivity index (χ2n) is 4.60. The number of hydrogen-bond acceptors (Lipinski definition) is 1. The van der Waals surface area contributed by atoms with E-state index >= 15 is 0 Å². The van der Waals surface area contributed by atoms with Crippen LogP contribution in [0.4, 0.5) is 0 Å². The first-order valence-electron chi connectivity index (χ1n) is 6.10. The molecule has 1 aliphatic carbocycles. The summed E-state index contributed by atoms with van der Waals surface area (Å²) in [6.45, 7) is 0.902. The summed E-state index contributed by atoms with van der Waals surface area (Å²) in [5, 5.41) is 0.793. The predicted octanol–water partition coefficient (Wildman–Crippen LogP) is 3.46. The Balaban J connectivity index is 1.85. The van der Waals surface area contributed by atoms with Gasteiger partial charge in [-0.05, 0) is 43.4 Å². The number of nitrogens with zero attached hydrogens (tertiary/aromatic N) is 2. The Labute approximate surface area is 106 Å². The van der Waals surface area contributed by atoms with E-state index in [-0.39, 0.29) is 0 Å². The number of benzene rings is 1. The normalized spacial score (nSPS) is 14.6. The molecule has 2 nitrogen and oxygen atoms in total. The van der Waals surface area contributed by atoms with Crippen LogP contribution in [-0.4, -0.2) is 9.55 Å². The zero-order chi connectivity index (χ0) is 11.7. The van der Waals surface area contributed by atoms with Crippen LogP contribution >= 0.6 is 11.6 Å². The van der Waals surface area contributed by atoms with Crippen LogP contribution in [0.25, 0.3) is 0 Å². The van der Waals surface area contributed by atoms with Gasteiger partial charge in [-0.2, -0.15) is 0 Å². The zero-order valence-electron chi connectivity index (χ0n) is 9.69. The molecule has 0 unspecified atom stereocenters. The molecular weight excluding hydrogens is 232 g/mol. The lowest BCUT2D eigenvalue weighted by molar-refractivity contribution is 0.628. The van der Waals surface area contributed by atoms with Crippen LogP contribution in [0.15, 0.2) is 30.6 Å². The van der Waals surface area contributed by atoms with Crippen LogP contribution in [0.5, 0.6) is 0 Å². The highest BCUT2D eigenvalue weighted by Gasteiger charge is 2.14. The molecule has 0 radical (unpaired) electrons. The molecule has 0 saturated carbocycles. The summed E-state index contributed by atoms with van der Waals surface area (Å²) in [5.41, 5.74) is 4.00. The topological polar surface area (TPSA) is 17.8 Å². The first kappa shape index (κ1) is 10.8. The fraction of sp³-hybridized carbons (Fsp3) is 0.357. The van der Waals surface area contributed by atoms with Crippen molar-refractivity contribution in [2.45, 2.75) is 32.2 Å². The lowest BCUT2D eigenvalue weighted by Crippen LogP contribution is -2.08.